The summed E-state index contributed by atoms with van der Waals surface area (Å²) in [5.41, 5.74) is 4.96. The van der Waals surface area contributed by atoms with Crippen LogP contribution >= 0.6 is 0 Å². The van der Waals surface area contributed by atoms with E-state index < -0.39 is 11.7 Å². The van der Waals surface area contributed by atoms with Crippen LogP contribution in [0.5, 0.6) is 0 Å². The number of primary amides is 1. The number of amides is 1. The van der Waals surface area contributed by atoms with E-state index in [0.717, 1.165) is 0 Å². The van der Waals surface area contributed by atoms with Gasteiger partial charge in [0.15, 0.2) is 5.78 Å². The summed E-state index contributed by atoms with van der Waals surface area (Å²) in [4.78, 5) is 23.6. The van der Waals surface area contributed by atoms with Crippen molar-refractivity contribution < 1.29 is 14.3 Å². The Balaban J connectivity index is 4.61. The molecule has 0 saturated carbocycles. The molecule has 74 valence electrons. The van der Waals surface area contributed by atoms with E-state index in [2.05, 4.69) is 4.74 Å². The maximum atomic E-state index is 11.2. The first kappa shape index (κ1) is 11.6. The van der Waals surface area contributed by atoms with E-state index in [0.29, 0.717) is 0 Å². The molecular weight excluding hydrogens is 172 g/mol. The predicted molar refractivity (Wildman–Crippen MR) is 47.8 cm³/mol. The Hall–Kier alpha value is -1.36. The predicted octanol–water partition coefficient (Wildman–Crippen LogP) is -0.867. The molecule has 0 aromatic rings. The second kappa shape index (κ2) is 5.31. The Labute approximate surface area is 77.1 Å². The summed E-state index contributed by atoms with van der Waals surface area (Å²) in [6.07, 6.45) is 1.38. The standard InChI is InChI=1S/C8H14N2O3/c1-10(2)4-6(8(9)12)7(11)5-13-3/h4H,5H2,1-3H3,(H2,9,12)/b6-4+. The number of ketones is 1. The first-order chi connectivity index (χ1) is 5.99. The molecule has 5 nitrogen and oxygen atoms in total. The molecule has 0 bridgehead atoms. The number of ether oxygens (including phenoxy) is 1. The Morgan fingerprint density at radius 2 is 2.00 bits per heavy atom. The molecule has 1 amide bonds. The van der Waals surface area contributed by atoms with Crippen molar-refractivity contribution in [1.29, 1.82) is 0 Å². The molecule has 0 saturated heterocycles. The lowest BCUT2D eigenvalue weighted by Gasteiger charge is -2.07. The van der Waals surface area contributed by atoms with Crippen molar-refractivity contribution in [3.8, 4) is 0 Å². The summed E-state index contributed by atoms with van der Waals surface area (Å²) in [7, 11) is 4.78. The third kappa shape index (κ3) is 4.27. The molecule has 2 N–H and O–H groups in total. The number of hydrogen-bond donors (Lipinski definition) is 1. The zero-order valence-corrected chi connectivity index (χ0v) is 8.03. The van der Waals surface area contributed by atoms with E-state index in [1.807, 2.05) is 0 Å². The number of rotatable bonds is 5. The van der Waals surface area contributed by atoms with E-state index in [9.17, 15) is 9.59 Å². The summed E-state index contributed by atoms with van der Waals surface area (Å²) in [6.45, 7) is -0.136. The lowest BCUT2D eigenvalue weighted by atomic mass is 10.2. The van der Waals surface area contributed by atoms with Crippen LogP contribution in [-0.4, -0.2) is 44.4 Å². The van der Waals surface area contributed by atoms with Gasteiger partial charge in [0.2, 0.25) is 0 Å². The Bertz CT molecular complexity index is 234. The fraction of sp³-hybridized carbons (Fsp3) is 0.500. The van der Waals surface area contributed by atoms with E-state index >= 15 is 0 Å². The summed E-state index contributed by atoms with van der Waals surface area (Å²) in [6, 6.07) is 0. The summed E-state index contributed by atoms with van der Waals surface area (Å²) in [5.74, 6) is -1.15. The fourth-order valence-electron chi connectivity index (χ4n) is 0.740. The molecular formula is C8H14N2O3. The first-order valence-electron chi connectivity index (χ1n) is 3.69. The van der Waals surface area contributed by atoms with Crippen molar-refractivity contribution in [2.24, 2.45) is 5.73 Å². The topological polar surface area (TPSA) is 72.6 Å². The van der Waals surface area contributed by atoms with Gasteiger partial charge >= 0.3 is 0 Å². The quantitative estimate of drug-likeness (QED) is 0.344. The Morgan fingerprint density at radius 1 is 1.46 bits per heavy atom. The average Bonchev–Trinajstić information content (AvgIpc) is 1.99. The Morgan fingerprint density at radius 3 is 2.31 bits per heavy atom. The van der Waals surface area contributed by atoms with E-state index in [1.165, 1.54) is 13.3 Å². The van der Waals surface area contributed by atoms with Crippen LogP contribution in [-0.2, 0) is 14.3 Å². The van der Waals surface area contributed by atoms with Gasteiger partial charge in [0, 0.05) is 27.4 Å². The molecule has 0 rings (SSSR count). The smallest absolute Gasteiger partial charge is 0.253 e. The van der Waals surface area contributed by atoms with Gasteiger partial charge in [0.25, 0.3) is 5.91 Å². The first-order valence-corrected chi connectivity index (χ1v) is 3.69. The highest BCUT2D eigenvalue weighted by molar-refractivity contribution is 6.19. The van der Waals surface area contributed by atoms with Gasteiger partial charge in [-0.1, -0.05) is 0 Å². The van der Waals surface area contributed by atoms with Crippen LogP contribution in [0.4, 0.5) is 0 Å². The van der Waals surface area contributed by atoms with Gasteiger partial charge in [-0.2, -0.15) is 0 Å². The van der Waals surface area contributed by atoms with E-state index in [1.54, 1.807) is 19.0 Å². The molecule has 0 radical (unpaired) electrons. The molecule has 0 unspecified atom stereocenters. The zero-order valence-electron chi connectivity index (χ0n) is 8.03. The molecule has 0 aromatic carbocycles. The van der Waals surface area contributed by atoms with Crippen molar-refractivity contribution >= 4 is 11.7 Å². The van der Waals surface area contributed by atoms with Crippen LogP contribution in [0.3, 0.4) is 0 Å². The minimum absolute atomic E-state index is 0.0492. The lowest BCUT2D eigenvalue weighted by molar-refractivity contribution is -0.123. The number of nitrogens with two attached hydrogens (primary N) is 1. The van der Waals surface area contributed by atoms with Gasteiger partial charge in [-0.3, -0.25) is 9.59 Å². The van der Waals surface area contributed by atoms with Crippen molar-refractivity contribution in [1.82, 2.24) is 4.90 Å². The number of hydrogen-bond acceptors (Lipinski definition) is 4. The number of nitrogens with zero attached hydrogens (tertiary/aromatic N) is 1. The van der Waals surface area contributed by atoms with Crippen LogP contribution in [0.25, 0.3) is 0 Å². The minimum atomic E-state index is -0.740. The third-order valence-electron chi connectivity index (χ3n) is 1.23. The average molecular weight is 186 g/mol. The van der Waals surface area contributed by atoms with Gasteiger partial charge in [0.1, 0.15) is 12.2 Å². The normalized spacial score (nSPS) is 11.2. The largest absolute Gasteiger partial charge is 0.383 e. The highest BCUT2D eigenvalue weighted by Crippen LogP contribution is 1.97. The van der Waals surface area contributed by atoms with Gasteiger partial charge in [-0.05, 0) is 0 Å². The van der Waals surface area contributed by atoms with Crippen LogP contribution in [0.1, 0.15) is 0 Å². The summed E-state index contributed by atoms with van der Waals surface area (Å²) < 4.78 is 4.60. The maximum Gasteiger partial charge on any atom is 0.253 e. The molecule has 0 heterocycles. The fourth-order valence-corrected chi connectivity index (χ4v) is 0.740. The van der Waals surface area contributed by atoms with E-state index in [-0.39, 0.29) is 12.2 Å². The number of Topliss-reactive ketones (excluding diaryl/α,β-unsaturated/α-hetero) is 1. The van der Waals surface area contributed by atoms with Crippen molar-refractivity contribution in [3.05, 3.63) is 11.8 Å². The lowest BCUT2D eigenvalue weighted by Crippen LogP contribution is -2.25. The van der Waals surface area contributed by atoms with Crippen LogP contribution in [0, 0.1) is 0 Å². The highest BCUT2D eigenvalue weighted by Gasteiger charge is 2.14. The van der Waals surface area contributed by atoms with Gasteiger partial charge in [-0.25, -0.2) is 0 Å². The van der Waals surface area contributed by atoms with Crippen molar-refractivity contribution in [3.63, 3.8) is 0 Å². The molecule has 5 heteroatoms. The summed E-state index contributed by atoms with van der Waals surface area (Å²) in [5, 5.41) is 0. The van der Waals surface area contributed by atoms with Gasteiger partial charge in [-0.15, -0.1) is 0 Å². The number of carbonyl (C=O) groups is 2. The molecule has 0 aliphatic heterocycles. The van der Waals surface area contributed by atoms with Gasteiger partial charge < -0.3 is 15.4 Å². The molecule has 0 aliphatic rings. The monoisotopic (exact) mass is 186 g/mol. The molecule has 0 atom stereocenters. The number of methoxy groups -OCH3 is 1. The third-order valence-corrected chi connectivity index (χ3v) is 1.23. The molecule has 0 spiro atoms. The Kier molecular flexibility index (Phi) is 4.76. The van der Waals surface area contributed by atoms with Crippen LogP contribution in [0.15, 0.2) is 11.8 Å². The minimum Gasteiger partial charge on any atom is -0.383 e. The number of carbonyl (C=O) groups excluding carboxylic acids is 2. The maximum absolute atomic E-state index is 11.2. The SMILES string of the molecule is COCC(=O)/C(=C\N(C)C)C(N)=O. The second-order valence-corrected chi connectivity index (χ2v) is 2.73. The van der Waals surface area contributed by atoms with Crippen LogP contribution in [0.2, 0.25) is 0 Å². The molecule has 0 aliphatic carbocycles. The zero-order chi connectivity index (χ0) is 10.4. The summed E-state index contributed by atoms with van der Waals surface area (Å²) >= 11 is 0. The molecule has 13 heavy (non-hydrogen) atoms. The van der Waals surface area contributed by atoms with Gasteiger partial charge in [0.05, 0.1) is 0 Å². The van der Waals surface area contributed by atoms with Crippen LogP contribution < -0.4 is 5.73 Å². The van der Waals surface area contributed by atoms with Crippen molar-refractivity contribution in [2.45, 2.75) is 0 Å². The van der Waals surface area contributed by atoms with E-state index in [4.69, 9.17) is 5.73 Å². The molecule has 0 aromatic heterocycles. The van der Waals surface area contributed by atoms with Crippen molar-refractivity contribution in [2.75, 3.05) is 27.8 Å². The second-order valence-electron chi connectivity index (χ2n) is 2.73. The highest BCUT2D eigenvalue weighted by atomic mass is 16.5. The molecule has 0 fully saturated rings.